The van der Waals surface area contributed by atoms with Gasteiger partial charge in [0.25, 0.3) is 0 Å². The third-order valence-electron chi connectivity index (χ3n) is 5.65. The predicted molar refractivity (Wildman–Crippen MR) is 149 cm³/mol. The van der Waals surface area contributed by atoms with Crippen molar-refractivity contribution in [2.75, 3.05) is 19.7 Å². The summed E-state index contributed by atoms with van der Waals surface area (Å²) in [5.74, 6) is 0.461. The maximum atomic E-state index is 13.5. The quantitative estimate of drug-likeness (QED) is 0.272. The molecule has 0 aliphatic carbocycles. The normalized spacial score (nSPS) is 12.2. The zero-order valence-corrected chi connectivity index (χ0v) is 23.1. The van der Waals surface area contributed by atoms with Crippen molar-refractivity contribution in [1.82, 2.24) is 9.62 Å². The van der Waals surface area contributed by atoms with Crippen LogP contribution in [-0.2, 0) is 27.8 Å². The molecule has 0 bridgehead atoms. The Labute approximate surface area is 227 Å². The molecule has 198 valence electrons. The van der Waals surface area contributed by atoms with E-state index in [0.717, 1.165) is 23.1 Å². The number of sulfonamides is 1. The molecule has 0 saturated heterocycles. The minimum atomic E-state index is -3.61. The fourth-order valence-corrected chi connectivity index (χ4v) is 5.53. The van der Waals surface area contributed by atoms with Crippen molar-refractivity contribution in [3.05, 3.63) is 93.7 Å². The fourth-order valence-electron chi connectivity index (χ4n) is 3.64. The monoisotopic (exact) mass is 561 g/mol. The average molecular weight is 562 g/mol. The molecule has 0 radical (unpaired) electrons. The first-order chi connectivity index (χ1) is 17.7. The lowest BCUT2D eigenvalue weighted by molar-refractivity contribution is -0.133. The lowest BCUT2D eigenvalue weighted by Crippen LogP contribution is -2.39. The van der Waals surface area contributed by atoms with Crippen molar-refractivity contribution < 1.29 is 17.9 Å². The van der Waals surface area contributed by atoms with E-state index >= 15 is 0 Å². The van der Waals surface area contributed by atoms with Crippen LogP contribution >= 0.6 is 22.9 Å². The van der Waals surface area contributed by atoms with Crippen LogP contribution in [0.5, 0.6) is 5.75 Å². The zero-order chi connectivity index (χ0) is 26.8. The molecule has 3 rings (SSSR count). The summed E-state index contributed by atoms with van der Waals surface area (Å²) in [5, 5.41) is 4.31. The zero-order valence-electron chi connectivity index (χ0n) is 20.7. The average Bonchev–Trinajstić information content (AvgIpc) is 3.44. The van der Waals surface area contributed by atoms with E-state index in [1.807, 2.05) is 29.8 Å². The van der Waals surface area contributed by atoms with Crippen molar-refractivity contribution in [2.24, 2.45) is 5.73 Å². The van der Waals surface area contributed by atoms with Crippen LogP contribution < -0.4 is 15.2 Å². The van der Waals surface area contributed by atoms with Gasteiger partial charge in [0.1, 0.15) is 11.8 Å². The van der Waals surface area contributed by atoms with Gasteiger partial charge in [-0.3, -0.25) is 4.79 Å². The minimum absolute atomic E-state index is 0.152. The molecule has 1 amide bonds. The summed E-state index contributed by atoms with van der Waals surface area (Å²) >= 11 is 7.76. The SMILES string of the molecule is C=CCNS(=O)(=O)c1ccc(CCN(Cc2cc(Cl)ccc2OCCC)C(=O)[C@H](N)c2ccsc2)cc1. The first-order valence-electron chi connectivity index (χ1n) is 11.9. The maximum absolute atomic E-state index is 13.5. The molecule has 0 spiro atoms. The van der Waals surface area contributed by atoms with Crippen molar-refractivity contribution in [2.45, 2.75) is 37.2 Å². The van der Waals surface area contributed by atoms with Gasteiger partial charge in [0.15, 0.2) is 0 Å². The van der Waals surface area contributed by atoms with Crippen LogP contribution in [0.25, 0.3) is 0 Å². The third-order valence-corrected chi connectivity index (χ3v) is 8.02. The second-order valence-electron chi connectivity index (χ2n) is 8.43. The van der Waals surface area contributed by atoms with E-state index in [2.05, 4.69) is 11.3 Å². The van der Waals surface area contributed by atoms with Crippen molar-refractivity contribution >= 4 is 38.9 Å². The molecule has 0 fully saturated rings. The van der Waals surface area contributed by atoms with Crippen LogP contribution in [0.15, 0.2) is 76.8 Å². The number of hydrogen-bond donors (Lipinski definition) is 2. The number of rotatable bonds is 14. The molecule has 1 aromatic heterocycles. The second kappa shape index (κ2) is 13.7. The van der Waals surface area contributed by atoms with Crippen LogP contribution in [-0.4, -0.2) is 38.9 Å². The van der Waals surface area contributed by atoms with Gasteiger partial charge in [0, 0.05) is 30.2 Å². The molecule has 2 aromatic carbocycles. The number of thiophene rings is 1. The number of carbonyl (C=O) groups excluding carboxylic acids is 1. The Bertz CT molecular complexity index is 1280. The molecule has 1 atom stereocenters. The van der Waals surface area contributed by atoms with Gasteiger partial charge in [0.2, 0.25) is 15.9 Å². The van der Waals surface area contributed by atoms with Gasteiger partial charge in [-0.2, -0.15) is 11.3 Å². The minimum Gasteiger partial charge on any atom is -0.493 e. The lowest BCUT2D eigenvalue weighted by Gasteiger charge is -2.27. The highest BCUT2D eigenvalue weighted by Gasteiger charge is 2.24. The van der Waals surface area contributed by atoms with Gasteiger partial charge in [-0.05, 0) is 71.1 Å². The lowest BCUT2D eigenvalue weighted by atomic mass is 10.1. The van der Waals surface area contributed by atoms with Crippen molar-refractivity contribution in [3.8, 4) is 5.75 Å². The number of nitrogens with one attached hydrogen (secondary N) is 1. The Kier molecular flexibility index (Phi) is 10.7. The predicted octanol–water partition coefficient (Wildman–Crippen LogP) is 4.93. The van der Waals surface area contributed by atoms with E-state index in [1.165, 1.54) is 17.4 Å². The standard InChI is InChI=1S/C27H32ClN3O4S2/c1-3-13-30-37(33,34)24-8-5-20(6-9-24)11-14-31(27(32)26(29)21-12-16-36-19-21)18-22-17-23(28)7-10-25(22)35-15-4-2/h3,5-10,12,16-17,19,26,30H,1,4,11,13-15,18,29H2,2H3/t26-/m1/s1. The number of benzene rings is 2. The van der Waals surface area contributed by atoms with Gasteiger partial charge in [-0.15, -0.1) is 6.58 Å². The molecule has 10 heteroatoms. The van der Waals surface area contributed by atoms with Gasteiger partial charge in [-0.25, -0.2) is 13.1 Å². The van der Waals surface area contributed by atoms with E-state index in [-0.39, 0.29) is 23.9 Å². The van der Waals surface area contributed by atoms with Crippen LogP contribution in [0, 0.1) is 0 Å². The number of nitrogens with zero attached hydrogens (tertiary/aromatic N) is 1. The Hall–Kier alpha value is -2.69. The Morgan fingerprint density at radius 2 is 2.00 bits per heavy atom. The third kappa shape index (κ3) is 8.15. The summed E-state index contributed by atoms with van der Waals surface area (Å²) in [5.41, 5.74) is 8.78. The molecule has 0 saturated carbocycles. The number of carbonyl (C=O) groups is 1. The molecular formula is C27H32ClN3O4S2. The van der Waals surface area contributed by atoms with E-state index in [1.54, 1.807) is 41.3 Å². The molecule has 3 aromatic rings. The first-order valence-corrected chi connectivity index (χ1v) is 14.7. The number of halogens is 1. The summed E-state index contributed by atoms with van der Waals surface area (Å²) in [6.07, 6.45) is 2.84. The molecule has 0 unspecified atom stereocenters. The molecule has 7 nitrogen and oxygen atoms in total. The van der Waals surface area contributed by atoms with Gasteiger partial charge >= 0.3 is 0 Å². The second-order valence-corrected chi connectivity index (χ2v) is 11.4. The number of amides is 1. The topological polar surface area (TPSA) is 102 Å². The Morgan fingerprint density at radius 3 is 2.65 bits per heavy atom. The van der Waals surface area contributed by atoms with E-state index in [9.17, 15) is 13.2 Å². The van der Waals surface area contributed by atoms with Crippen LogP contribution in [0.4, 0.5) is 0 Å². The van der Waals surface area contributed by atoms with Gasteiger partial charge < -0.3 is 15.4 Å². The highest BCUT2D eigenvalue weighted by Crippen LogP contribution is 2.26. The molecular weight excluding hydrogens is 530 g/mol. The van der Waals surface area contributed by atoms with Crippen molar-refractivity contribution in [3.63, 3.8) is 0 Å². The Balaban J connectivity index is 1.81. The largest absolute Gasteiger partial charge is 0.493 e. The number of hydrogen-bond acceptors (Lipinski definition) is 6. The van der Waals surface area contributed by atoms with Crippen molar-refractivity contribution in [1.29, 1.82) is 0 Å². The number of ether oxygens (including phenoxy) is 1. The Morgan fingerprint density at radius 1 is 1.24 bits per heavy atom. The van der Waals surface area contributed by atoms with Crippen LogP contribution in [0.3, 0.4) is 0 Å². The van der Waals surface area contributed by atoms with E-state index < -0.39 is 16.1 Å². The van der Waals surface area contributed by atoms with Crippen LogP contribution in [0.1, 0.15) is 36.1 Å². The highest BCUT2D eigenvalue weighted by atomic mass is 35.5. The molecule has 0 aliphatic rings. The smallest absolute Gasteiger partial charge is 0.244 e. The van der Waals surface area contributed by atoms with Gasteiger partial charge in [-0.1, -0.05) is 36.7 Å². The fraction of sp³-hybridized carbons (Fsp3) is 0.296. The highest BCUT2D eigenvalue weighted by molar-refractivity contribution is 7.89. The number of nitrogens with two attached hydrogens (primary N) is 1. The molecule has 1 heterocycles. The summed E-state index contributed by atoms with van der Waals surface area (Å²) in [7, 11) is -3.61. The maximum Gasteiger partial charge on any atom is 0.244 e. The van der Waals surface area contributed by atoms with E-state index in [4.69, 9.17) is 22.1 Å². The first kappa shape index (κ1) is 28.9. The summed E-state index contributed by atoms with van der Waals surface area (Å²) in [6.45, 7) is 6.90. The summed E-state index contributed by atoms with van der Waals surface area (Å²) in [4.78, 5) is 15.4. The molecule has 0 aliphatic heterocycles. The van der Waals surface area contributed by atoms with Crippen LogP contribution in [0.2, 0.25) is 5.02 Å². The van der Waals surface area contributed by atoms with E-state index in [0.29, 0.717) is 30.3 Å². The summed E-state index contributed by atoms with van der Waals surface area (Å²) < 4.78 is 33.0. The molecule has 3 N–H and O–H groups in total. The summed E-state index contributed by atoms with van der Waals surface area (Å²) in [6, 6.07) is 13.0. The van der Waals surface area contributed by atoms with Gasteiger partial charge in [0.05, 0.1) is 11.5 Å². The molecule has 37 heavy (non-hydrogen) atoms.